The van der Waals surface area contributed by atoms with Crippen LogP contribution in [0.3, 0.4) is 0 Å². The average Bonchev–Trinajstić information content (AvgIpc) is 2.88. The molecule has 0 radical (unpaired) electrons. The van der Waals surface area contributed by atoms with Gasteiger partial charge in [0.2, 0.25) is 0 Å². The Morgan fingerprint density at radius 1 is 1.45 bits per heavy atom. The molecule has 0 aliphatic rings. The Morgan fingerprint density at radius 3 is 2.70 bits per heavy atom. The average molecular weight is 273 g/mol. The molecule has 106 valence electrons. The smallest absolute Gasteiger partial charge is 0.323 e. The lowest BCUT2D eigenvalue weighted by Crippen LogP contribution is -2.46. The largest absolute Gasteiger partial charge is 0.480 e. The Hall–Kier alpha value is -2.14. The Kier molecular flexibility index (Phi) is 3.90. The van der Waals surface area contributed by atoms with Gasteiger partial charge in [-0.05, 0) is 20.3 Å². The number of aromatic nitrogens is 2. The van der Waals surface area contributed by atoms with Gasteiger partial charge in [0.05, 0.1) is 0 Å². The third kappa shape index (κ3) is 2.88. The van der Waals surface area contributed by atoms with Crippen LogP contribution in [0.25, 0.3) is 11.4 Å². The molecule has 1 aromatic heterocycles. The lowest BCUT2D eigenvalue weighted by Gasteiger charge is -2.25. The van der Waals surface area contributed by atoms with Gasteiger partial charge in [0, 0.05) is 24.0 Å². The summed E-state index contributed by atoms with van der Waals surface area (Å²) in [6, 6.07) is 9.74. The predicted octanol–water partition coefficient (Wildman–Crippen LogP) is 2.30. The molecule has 5 heteroatoms. The maximum atomic E-state index is 11.1. The summed E-state index contributed by atoms with van der Waals surface area (Å²) in [7, 11) is 0. The van der Waals surface area contributed by atoms with Gasteiger partial charge in [-0.3, -0.25) is 4.79 Å². The quantitative estimate of drug-likeness (QED) is 0.875. The van der Waals surface area contributed by atoms with E-state index in [1.54, 1.807) is 6.20 Å². The molecule has 0 aliphatic heterocycles. The zero-order chi connectivity index (χ0) is 14.8. The van der Waals surface area contributed by atoms with E-state index in [9.17, 15) is 4.79 Å². The van der Waals surface area contributed by atoms with Crippen LogP contribution in [0.5, 0.6) is 0 Å². The van der Waals surface area contributed by atoms with Crippen molar-refractivity contribution in [3.63, 3.8) is 0 Å². The number of imidazole rings is 1. The van der Waals surface area contributed by atoms with Crippen molar-refractivity contribution in [3.05, 3.63) is 42.7 Å². The van der Waals surface area contributed by atoms with Crippen LogP contribution in [-0.4, -0.2) is 26.2 Å². The number of hydrogen-bond donors (Lipinski definition) is 2. The Bertz CT molecular complexity index is 590. The second-order valence-electron chi connectivity index (χ2n) is 5.30. The maximum Gasteiger partial charge on any atom is 0.323 e. The molecule has 0 spiro atoms. The highest BCUT2D eigenvalue weighted by molar-refractivity contribution is 5.77. The van der Waals surface area contributed by atoms with Crippen molar-refractivity contribution in [2.24, 2.45) is 5.73 Å². The van der Waals surface area contributed by atoms with Crippen molar-refractivity contribution in [2.75, 3.05) is 0 Å². The van der Waals surface area contributed by atoms with Crippen LogP contribution in [0.2, 0.25) is 0 Å². The van der Waals surface area contributed by atoms with E-state index in [2.05, 4.69) is 4.98 Å². The minimum absolute atomic E-state index is 0.0567. The van der Waals surface area contributed by atoms with Crippen molar-refractivity contribution in [2.45, 2.75) is 31.8 Å². The number of carbonyl (C=O) groups is 1. The minimum Gasteiger partial charge on any atom is -0.480 e. The molecule has 0 amide bonds. The molecule has 20 heavy (non-hydrogen) atoms. The zero-order valence-electron chi connectivity index (χ0n) is 11.7. The summed E-state index contributed by atoms with van der Waals surface area (Å²) in [4.78, 5) is 15.5. The predicted molar refractivity (Wildman–Crippen MR) is 77.2 cm³/mol. The van der Waals surface area contributed by atoms with Gasteiger partial charge in [-0.2, -0.15) is 0 Å². The van der Waals surface area contributed by atoms with Crippen molar-refractivity contribution in [3.8, 4) is 11.4 Å². The molecular formula is C15H19N3O2. The van der Waals surface area contributed by atoms with Crippen LogP contribution in [0.15, 0.2) is 42.7 Å². The third-order valence-corrected chi connectivity index (χ3v) is 3.38. The second-order valence-corrected chi connectivity index (χ2v) is 5.30. The molecule has 0 aliphatic carbocycles. The summed E-state index contributed by atoms with van der Waals surface area (Å²) < 4.78 is 1.96. The standard InChI is InChI=1S/C15H19N3O2/c1-11(10-15(2,16)14(19)20)18-9-8-17-13(18)12-6-4-3-5-7-12/h3-9,11H,10,16H2,1-2H3,(H,19,20). The van der Waals surface area contributed by atoms with Crippen LogP contribution in [0, 0.1) is 0 Å². The van der Waals surface area contributed by atoms with E-state index >= 15 is 0 Å². The molecule has 3 N–H and O–H groups in total. The number of rotatable bonds is 5. The highest BCUT2D eigenvalue weighted by Gasteiger charge is 2.31. The molecule has 0 saturated heterocycles. The Morgan fingerprint density at radius 2 is 2.10 bits per heavy atom. The molecule has 0 bridgehead atoms. The van der Waals surface area contributed by atoms with Crippen molar-refractivity contribution in [1.29, 1.82) is 0 Å². The molecule has 0 fully saturated rings. The Labute approximate surface area is 118 Å². The molecule has 2 atom stereocenters. The van der Waals surface area contributed by atoms with E-state index < -0.39 is 11.5 Å². The molecule has 2 unspecified atom stereocenters. The summed E-state index contributed by atoms with van der Waals surface area (Å²) in [5.74, 6) is -0.176. The van der Waals surface area contributed by atoms with E-state index in [-0.39, 0.29) is 6.04 Å². The van der Waals surface area contributed by atoms with Crippen LogP contribution < -0.4 is 5.73 Å². The summed E-state index contributed by atoms with van der Waals surface area (Å²) in [6.07, 6.45) is 3.90. The number of aliphatic carboxylic acids is 1. The van der Waals surface area contributed by atoms with Gasteiger partial charge in [0.25, 0.3) is 0 Å². The summed E-state index contributed by atoms with van der Waals surface area (Å²) in [5.41, 5.74) is 5.57. The lowest BCUT2D eigenvalue weighted by molar-refractivity contribution is -0.143. The maximum absolute atomic E-state index is 11.1. The Balaban J connectivity index is 2.27. The second kappa shape index (κ2) is 5.46. The molecule has 5 nitrogen and oxygen atoms in total. The topological polar surface area (TPSA) is 81.1 Å². The molecule has 2 aromatic rings. The highest BCUT2D eigenvalue weighted by Crippen LogP contribution is 2.25. The monoisotopic (exact) mass is 273 g/mol. The summed E-state index contributed by atoms with van der Waals surface area (Å²) in [5, 5.41) is 9.12. The van der Waals surface area contributed by atoms with Gasteiger partial charge >= 0.3 is 5.97 Å². The van der Waals surface area contributed by atoms with Gasteiger partial charge in [0.1, 0.15) is 11.4 Å². The van der Waals surface area contributed by atoms with Crippen LogP contribution in [0.4, 0.5) is 0 Å². The van der Waals surface area contributed by atoms with Crippen molar-refractivity contribution >= 4 is 5.97 Å². The molecule has 1 heterocycles. The van der Waals surface area contributed by atoms with E-state index in [0.717, 1.165) is 11.4 Å². The van der Waals surface area contributed by atoms with Crippen LogP contribution in [-0.2, 0) is 4.79 Å². The molecule has 2 rings (SSSR count). The van der Waals surface area contributed by atoms with Crippen molar-refractivity contribution < 1.29 is 9.90 Å². The first kappa shape index (κ1) is 14.3. The van der Waals surface area contributed by atoms with Crippen molar-refractivity contribution in [1.82, 2.24) is 9.55 Å². The number of hydrogen-bond acceptors (Lipinski definition) is 3. The van der Waals surface area contributed by atoms with Gasteiger partial charge in [-0.1, -0.05) is 30.3 Å². The fraction of sp³-hybridized carbons (Fsp3) is 0.333. The van der Waals surface area contributed by atoms with E-state index in [1.165, 1.54) is 6.92 Å². The number of benzene rings is 1. The zero-order valence-corrected chi connectivity index (χ0v) is 11.7. The number of nitrogens with zero attached hydrogens (tertiary/aromatic N) is 2. The van der Waals surface area contributed by atoms with Gasteiger partial charge < -0.3 is 15.4 Å². The van der Waals surface area contributed by atoms with Gasteiger partial charge in [-0.15, -0.1) is 0 Å². The van der Waals surface area contributed by atoms with E-state index in [0.29, 0.717) is 6.42 Å². The third-order valence-electron chi connectivity index (χ3n) is 3.38. The first-order valence-corrected chi connectivity index (χ1v) is 6.52. The van der Waals surface area contributed by atoms with E-state index in [1.807, 2.05) is 48.0 Å². The molecule has 1 aromatic carbocycles. The first-order chi connectivity index (χ1) is 9.42. The summed E-state index contributed by atoms with van der Waals surface area (Å²) >= 11 is 0. The normalized spacial score (nSPS) is 15.6. The lowest BCUT2D eigenvalue weighted by atomic mass is 9.95. The van der Waals surface area contributed by atoms with Crippen LogP contribution >= 0.6 is 0 Å². The number of carboxylic acids is 1. The SMILES string of the molecule is CC(CC(C)(N)C(=O)O)n1ccnc1-c1ccccc1. The first-order valence-electron chi connectivity index (χ1n) is 6.52. The van der Waals surface area contributed by atoms with Gasteiger partial charge in [-0.25, -0.2) is 4.98 Å². The minimum atomic E-state index is -1.25. The van der Waals surface area contributed by atoms with Crippen LogP contribution in [0.1, 0.15) is 26.3 Å². The number of nitrogens with two attached hydrogens (primary N) is 1. The van der Waals surface area contributed by atoms with E-state index in [4.69, 9.17) is 10.8 Å². The molecule has 0 saturated carbocycles. The number of carboxylic acid groups (broad SMARTS) is 1. The fourth-order valence-electron chi connectivity index (χ4n) is 2.28. The molecular weight excluding hydrogens is 254 g/mol. The summed E-state index contributed by atoms with van der Waals surface area (Å²) in [6.45, 7) is 3.48. The fourth-order valence-corrected chi connectivity index (χ4v) is 2.28. The van der Waals surface area contributed by atoms with Gasteiger partial charge in [0.15, 0.2) is 0 Å². The highest BCUT2D eigenvalue weighted by atomic mass is 16.4.